The van der Waals surface area contributed by atoms with Crippen molar-refractivity contribution in [3.63, 3.8) is 0 Å². The van der Waals surface area contributed by atoms with E-state index in [0.717, 1.165) is 18.8 Å². The minimum atomic E-state index is -0.658. The second-order valence-corrected chi connectivity index (χ2v) is 9.83. The molecule has 3 nitrogen and oxygen atoms in total. The summed E-state index contributed by atoms with van der Waals surface area (Å²) in [7, 11) is 0. The lowest BCUT2D eigenvalue weighted by molar-refractivity contribution is -0.222. The molecule has 0 aromatic carbocycles. The predicted molar refractivity (Wildman–Crippen MR) is 89.7 cm³/mol. The molecule has 4 rings (SSSR count). The van der Waals surface area contributed by atoms with Crippen LogP contribution in [0.3, 0.4) is 0 Å². The first-order chi connectivity index (χ1) is 10.8. The fourth-order valence-electron chi connectivity index (χ4n) is 7.50. The van der Waals surface area contributed by atoms with Gasteiger partial charge in [0.2, 0.25) is 0 Å². The van der Waals surface area contributed by atoms with Crippen LogP contribution in [0.1, 0.15) is 65.7 Å². The van der Waals surface area contributed by atoms with E-state index in [4.69, 9.17) is 0 Å². The van der Waals surface area contributed by atoms with E-state index in [0.29, 0.717) is 23.7 Å². The Labute approximate surface area is 140 Å². The van der Waals surface area contributed by atoms with Gasteiger partial charge in [-0.2, -0.15) is 0 Å². The lowest BCUT2D eigenvalue weighted by Gasteiger charge is -2.63. The highest BCUT2D eigenvalue weighted by atomic mass is 16.3. The van der Waals surface area contributed by atoms with Crippen LogP contribution in [-0.2, 0) is 0 Å². The molecule has 132 valence electrons. The van der Waals surface area contributed by atoms with Crippen molar-refractivity contribution in [1.29, 1.82) is 0 Å². The summed E-state index contributed by atoms with van der Waals surface area (Å²) >= 11 is 0. The topological polar surface area (TPSA) is 60.7 Å². The van der Waals surface area contributed by atoms with Gasteiger partial charge < -0.3 is 15.3 Å². The summed E-state index contributed by atoms with van der Waals surface area (Å²) in [6.45, 7) is 7.16. The van der Waals surface area contributed by atoms with Crippen LogP contribution >= 0.6 is 0 Å². The predicted octanol–water partition coefficient (Wildman–Crippen LogP) is 2.97. The highest BCUT2D eigenvalue weighted by Crippen LogP contribution is 2.67. The second kappa shape index (κ2) is 5.19. The highest BCUT2D eigenvalue weighted by Gasteiger charge is 2.64. The van der Waals surface area contributed by atoms with Gasteiger partial charge in [-0.25, -0.2) is 0 Å². The Bertz CT molecular complexity index is 480. The molecular weight excluding hydrogens is 288 g/mol. The zero-order valence-electron chi connectivity index (χ0n) is 14.9. The van der Waals surface area contributed by atoms with E-state index in [2.05, 4.69) is 20.8 Å². The maximum Gasteiger partial charge on any atom is 0.0836 e. The van der Waals surface area contributed by atoms with Crippen LogP contribution in [0, 0.1) is 40.4 Å². The molecule has 3 N–H and O–H groups in total. The molecule has 3 heteroatoms. The van der Waals surface area contributed by atoms with E-state index in [1.807, 2.05) is 0 Å². The van der Waals surface area contributed by atoms with Gasteiger partial charge in [-0.3, -0.25) is 0 Å². The number of aliphatic hydroxyl groups excluding tert-OH is 3. The average Bonchev–Trinajstić information content (AvgIpc) is 2.82. The van der Waals surface area contributed by atoms with Crippen molar-refractivity contribution in [2.24, 2.45) is 40.4 Å². The quantitative estimate of drug-likeness (QED) is 0.642. The molecule has 4 aliphatic rings. The van der Waals surface area contributed by atoms with Gasteiger partial charge in [-0.05, 0) is 85.4 Å². The van der Waals surface area contributed by atoms with Gasteiger partial charge in [0.1, 0.15) is 0 Å². The van der Waals surface area contributed by atoms with Crippen molar-refractivity contribution in [1.82, 2.24) is 0 Å². The lowest BCUT2D eigenvalue weighted by Crippen LogP contribution is -2.64. The molecule has 4 unspecified atom stereocenters. The molecule has 4 aliphatic carbocycles. The van der Waals surface area contributed by atoms with E-state index in [1.165, 1.54) is 25.7 Å². The molecule has 0 saturated heterocycles. The van der Waals surface area contributed by atoms with Crippen LogP contribution in [0.25, 0.3) is 0 Å². The molecular formula is C20H34O3. The smallest absolute Gasteiger partial charge is 0.0836 e. The van der Waals surface area contributed by atoms with E-state index >= 15 is 0 Å². The molecule has 4 fully saturated rings. The van der Waals surface area contributed by atoms with Crippen molar-refractivity contribution >= 4 is 0 Å². The van der Waals surface area contributed by atoms with Gasteiger partial charge in [0, 0.05) is 0 Å². The van der Waals surface area contributed by atoms with E-state index in [9.17, 15) is 15.3 Å². The lowest BCUT2D eigenvalue weighted by atomic mass is 9.43. The summed E-state index contributed by atoms with van der Waals surface area (Å²) in [5.74, 6) is 2.12. The number of hydrogen-bond donors (Lipinski definition) is 3. The standard InChI is InChI=1S/C20H34O3/c1-11-4-5-13-16-14(7-9-19(11,13)2)20(3)8-6-12(21)10-15(20)17(22)18(16)23/h11-18,21-23H,4-10H2,1-3H3/t11-,12-,13?,14?,15?,16?,17+,18+,19+,20+/m0/s1. The Balaban J connectivity index is 1.72. The molecule has 0 radical (unpaired) electrons. The Hall–Kier alpha value is -0.120. The van der Waals surface area contributed by atoms with E-state index < -0.39 is 12.2 Å². The maximum absolute atomic E-state index is 11.0. The molecule has 23 heavy (non-hydrogen) atoms. The monoisotopic (exact) mass is 322 g/mol. The molecule has 0 spiro atoms. The number of hydrogen-bond acceptors (Lipinski definition) is 3. The van der Waals surface area contributed by atoms with Crippen molar-refractivity contribution in [3.05, 3.63) is 0 Å². The molecule has 0 heterocycles. The molecule has 0 aliphatic heterocycles. The SMILES string of the molecule is C[C@H]1CCC2C3C(CC[C@@]21C)[C@@]1(C)CC[C@H](O)CC1[C@@H](O)[C@@H]3O. The second-order valence-electron chi connectivity index (χ2n) is 9.83. The van der Waals surface area contributed by atoms with Crippen LogP contribution in [0.5, 0.6) is 0 Å². The summed E-state index contributed by atoms with van der Waals surface area (Å²) < 4.78 is 0. The highest BCUT2D eigenvalue weighted by molar-refractivity contribution is 5.13. The minimum absolute atomic E-state index is 0.0608. The molecule has 10 atom stereocenters. The summed E-state index contributed by atoms with van der Waals surface area (Å²) in [5, 5.41) is 32.0. The van der Waals surface area contributed by atoms with Gasteiger partial charge in [0.15, 0.2) is 0 Å². The van der Waals surface area contributed by atoms with Crippen molar-refractivity contribution in [2.75, 3.05) is 0 Å². The first kappa shape index (κ1) is 16.4. The Morgan fingerprint density at radius 1 is 0.739 bits per heavy atom. The normalized spacial score (nSPS) is 62.3. The minimum Gasteiger partial charge on any atom is -0.393 e. The Morgan fingerprint density at radius 2 is 1.39 bits per heavy atom. The van der Waals surface area contributed by atoms with Gasteiger partial charge in [-0.15, -0.1) is 0 Å². The fraction of sp³-hybridized carbons (Fsp3) is 1.00. The zero-order chi connectivity index (χ0) is 16.6. The van der Waals surface area contributed by atoms with Crippen molar-refractivity contribution in [3.8, 4) is 0 Å². The van der Waals surface area contributed by atoms with Gasteiger partial charge in [0.25, 0.3) is 0 Å². The van der Waals surface area contributed by atoms with Crippen LogP contribution in [0.15, 0.2) is 0 Å². The largest absolute Gasteiger partial charge is 0.393 e. The average molecular weight is 322 g/mol. The first-order valence-corrected chi connectivity index (χ1v) is 9.83. The van der Waals surface area contributed by atoms with E-state index in [-0.39, 0.29) is 23.4 Å². The molecule has 0 aromatic rings. The maximum atomic E-state index is 11.0. The number of fused-ring (bicyclic) bond motifs is 5. The summed E-state index contributed by atoms with van der Waals surface area (Å²) in [4.78, 5) is 0. The van der Waals surface area contributed by atoms with Crippen LogP contribution in [0.2, 0.25) is 0 Å². The Kier molecular flexibility index (Phi) is 3.69. The van der Waals surface area contributed by atoms with Gasteiger partial charge >= 0.3 is 0 Å². The van der Waals surface area contributed by atoms with Crippen LogP contribution < -0.4 is 0 Å². The number of aliphatic hydroxyl groups is 3. The summed E-state index contributed by atoms with van der Waals surface area (Å²) in [6.07, 6.45) is 5.91. The van der Waals surface area contributed by atoms with Crippen molar-refractivity contribution < 1.29 is 15.3 Å². The van der Waals surface area contributed by atoms with Crippen LogP contribution in [-0.4, -0.2) is 33.6 Å². The summed E-state index contributed by atoms with van der Waals surface area (Å²) in [5.41, 5.74) is 0.439. The zero-order valence-corrected chi connectivity index (χ0v) is 14.9. The third-order valence-corrected chi connectivity index (χ3v) is 9.20. The first-order valence-electron chi connectivity index (χ1n) is 9.83. The van der Waals surface area contributed by atoms with Crippen LogP contribution in [0.4, 0.5) is 0 Å². The molecule has 0 bridgehead atoms. The molecule has 0 aromatic heterocycles. The third-order valence-electron chi connectivity index (χ3n) is 9.20. The summed E-state index contributed by atoms with van der Waals surface area (Å²) in [6, 6.07) is 0. The fourth-order valence-corrected chi connectivity index (χ4v) is 7.50. The molecule has 0 amide bonds. The van der Waals surface area contributed by atoms with E-state index in [1.54, 1.807) is 0 Å². The van der Waals surface area contributed by atoms with Gasteiger partial charge in [-0.1, -0.05) is 20.8 Å². The van der Waals surface area contributed by atoms with Gasteiger partial charge in [0.05, 0.1) is 18.3 Å². The third kappa shape index (κ3) is 2.05. The number of rotatable bonds is 0. The Morgan fingerprint density at radius 3 is 2.13 bits per heavy atom. The van der Waals surface area contributed by atoms with Crippen molar-refractivity contribution in [2.45, 2.75) is 84.0 Å². The molecule has 4 saturated carbocycles.